The molecular formula is C11H11FN2. The Bertz CT molecular complexity index is 384. The second-order valence-corrected chi connectivity index (χ2v) is 3.75. The third-order valence-electron chi connectivity index (χ3n) is 3.00. The lowest BCUT2D eigenvalue weighted by Crippen LogP contribution is -2.63. The van der Waals surface area contributed by atoms with E-state index >= 15 is 0 Å². The lowest BCUT2D eigenvalue weighted by atomic mass is 9.62. The Morgan fingerprint density at radius 3 is 2.36 bits per heavy atom. The van der Waals surface area contributed by atoms with Gasteiger partial charge in [0, 0.05) is 0 Å². The summed E-state index contributed by atoms with van der Waals surface area (Å²) in [6, 6.07) is 10.6. The highest BCUT2D eigenvalue weighted by Gasteiger charge is 2.59. The molecule has 1 saturated carbocycles. The van der Waals surface area contributed by atoms with Crippen LogP contribution in [-0.4, -0.2) is 5.54 Å². The minimum Gasteiger partial charge on any atom is -0.310 e. The molecule has 0 saturated heterocycles. The molecule has 0 aliphatic heterocycles. The van der Waals surface area contributed by atoms with Crippen molar-refractivity contribution in [1.29, 1.82) is 5.26 Å². The van der Waals surface area contributed by atoms with E-state index in [1.54, 1.807) is 24.3 Å². The van der Waals surface area contributed by atoms with Crippen LogP contribution in [0.15, 0.2) is 30.3 Å². The summed E-state index contributed by atoms with van der Waals surface area (Å²) in [6.45, 7) is 0. The number of rotatable bonds is 1. The number of hydrogen-bond donors (Lipinski definition) is 1. The Hall–Kier alpha value is -1.40. The van der Waals surface area contributed by atoms with Gasteiger partial charge in [-0.1, -0.05) is 30.3 Å². The third kappa shape index (κ3) is 0.978. The number of nitrogens with two attached hydrogens (primary N) is 1. The van der Waals surface area contributed by atoms with Crippen molar-refractivity contribution in [3.63, 3.8) is 0 Å². The van der Waals surface area contributed by atoms with Gasteiger partial charge in [-0.15, -0.1) is 0 Å². The first-order valence-corrected chi connectivity index (χ1v) is 4.57. The summed E-state index contributed by atoms with van der Waals surface area (Å²) in [5.41, 5.74) is 3.18. The van der Waals surface area contributed by atoms with Gasteiger partial charge >= 0.3 is 0 Å². The summed E-state index contributed by atoms with van der Waals surface area (Å²) in [6.07, 6.45) is 0.760. The SMILES string of the molecule is N#CC1(N)CCC1(F)c1ccccc1. The van der Waals surface area contributed by atoms with Gasteiger partial charge in [-0.2, -0.15) is 5.26 Å². The molecule has 0 aromatic heterocycles. The summed E-state index contributed by atoms with van der Waals surface area (Å²) >= 11 is 0. The van der Waals surface area contributed by atoms with Crippen molar-refractivity contribution in [3.8, 4) is 6.07 Å². The van der Waals surface area contributed by atoms with Crippen molar-refractivity contribution in [2.24, 2.45) is 5.73 Å². The number of hydrogen-bond acceptors (Lipinski definition) is 2. The van der Waals surface area contributed by atoms with Crippen molar-refractivity contribution < 1.29 is 4.39 Å². The summed E-state index contributed by atoms with van der Waals surface area (Å²) in [4.78, 5) is 0. The van der Waals surface area contributed by atoms with Gasteiger partial charge in [-0.25, -0.2) is 4.39 Å². The molecule has 1 aromatic rings. The predicted octanol–water partition coefficient (Wildman–Crippen LogP) is 1.87. The Morgan fingerprint density at radius 1 is 1.29 bits per heavy atom. The lowest BCUT2D eigenvalue weighted by molar-refractivity contribution is -0.0118. The van der Waals surface area contributed by atoms with E-state index in [9.17, 15) is 4.39 Å². The molecule has 2 N–H and O–H groups in total. The van der Waals surface area contributed by atoms with E-state index in [0.29, 0.717) is 18.4 Å². The van der Waals surface area contributed by atoms with Gasteiger partial charge < -0.3 is 5.73 Å². The van der Waals surface area contributed by atoms with Crippen LogP contribution in [0.5, 0.6) is 0 Å². The van der Waals surface area contributed by atoms with E-state index in [2.05, 4.69) is 0 Å². The molecule has 0 bridgehead atoms. The number of benzene rings is 1. The zero-order chi connectivity index (χ0) is 10.2. The Kier molecular flexibility index (Phi) is 1.83. The summed E-state index contributed by atoms with van der Waals surface area (Å²) < 4.78 is 14.3. The standard InChI is InChI=1S/C11H11FN2/c12-11(7-6-10(11,14)8-13)9-4-2-1-3-5-9/h1-5H,6-7,14H2. The van der Waals surface area contributed by atoms with Gasteiger partial charge in [0.05, 0.1) is 6.07 Å². The molecule has 0 spiro atoms. The maximum Gasteiger partial charge on any atom is 0.167 e. The van der Waals surface area contributed by atoms with E-state index < -0.39 is 11.2 Å². The predicted molar refractivity (Wildman–Crippen MR) is 51.0 cm³/mol. The van der Waals surface area contributed by atoms with Gasteiger partial charge in [-0.3, -0.25) is 0 Å². The maximum atomic E-state index is 14.3. The molecule has 0 radical (unpaired) electrons. The van der Waals surface area contributed by atoms with Crippen LogP contribution < -0.4 is 5.73 Å². The fourth-order valence-electron chi connectivity index (χ4n) is 1.86. The Labute approximate surface area is 82.1 Å². The number of nitrogens with zero attached hydrogens (tertiary/aromatic N) is 1. The zero-order valence-corrected chi connectivity index (χ0v) is 7.70. The van der Waals surface area contributed by atoms with Crippen LogP contribution in [-0.2, 0) is 5.67 Å². The van der Waals surface area contributed by atoms with Gasteiger partial charge in [0.25, 0.3) is 0 Å². The highest BCUT2D eigenvalue weighted by Crippen LogP contribution is 2.51. The summed E-state index contributed by atoms with van der Waals surface area (Å²) in [7, 11) is 0. The van der Waals surface area contributed by atoms with Crippen LogP contribution >= 0.6 is 0 Å². The number of nitriles is 1. The molecule has 0 heterocycles. The molecular weight excluding hydrogens is 179 g/mol. The first kappa shape index (κ1) is 9.17. The molecule has 2 nitrogen and oxygen atoms in total. The van der Waals surface area contributed by atoms with Crippen LogP contribution in [0, 0.1) is 11.3 Å². The molecule has 1 fully saturated rings. The molecule has 72 valence electrons. The molecule has 1 aliphatic rings. The third-order valence-corrected chi connectivity index (χ3v) is 3.00. The second kappa shape index (κ2) is 2.79. The van der Waals surface area contributed by atoms with Crippen LogP contribution in [0.2, 0.25) is 0 Å². The molecule has 0 amide bonds. The monoisotopic (exact) mass is 190 g/mol. The van der Waals surface area contributed by atoms with E-state index in [-0.39, 0.29) is 0 Å². The maximum absolute atomic E-state index is 14.3. The van der Waals surface area contributed by atoms with Crippen molar-refractivity contribution in [1.82, 2.24) is 0 Å². The van der Waals surface area contributed by atoms with Gasteiger partial charge in [0.2, 0.25) is 0 Å². The van der Waals surface area contributed by atoms with Crippen molar-refractivity contribution >= 4 is 0 Å². The van der Waals surface area contributed by atoms with E-state index in [1.807, 2.05) is 12.1 Å². The van der Waals surface area contributed by atoms with E-state index in [1.165, 1.54) is 0 Å². The summed E-state index contributed by atoms with van der Waals surface area (Å²) in [5, 5.41) is 8.83. The quantitative estimate of drug-likeness (QED) is 0.734. The normalized spacial score (nSPS) is 35.8. The largest absolute Gasteiger partial charge is 0.310 e. The number of alkyl halides is 1. The number of halogens is 1. The summed E-state index contributed by atoms with van der Waals surface area (Å²) in [5.74, 6) is 0. The van der Waals surface area contributed by atoms with Crippen LogP contribution in [0.4, 0.5) is 4.39 Å². The zero-order valence-electron chi connectivity index (χ0n) is 7.70. The fourth-order valence-corrected chi connectivity index (χ4v) is 1.86. The minimum absolute atomic E-state index is 0.334. The van der Waals surface area contributed by atoms with Crippen LogP contribution in [0.3, 0.4) is 0 Å². The first-order valence-electron chi connectivity index (χ1n) is 4.57. The average Bonchev–Trinajstić information content (AvgIpc) is 2.26. The highest BCUT2D eigenvalue weighted by molar-refractivity contribution is 5.36. The molecule has 2 rings (SSSR count). The van der Waals surface area contributed by atoms with Crippen molar-refractivity contribution in [2.75, 3.05) is 0 Å². The molecule has 2 atom stereocenters. The van der Waals surface area contributed by atoms with Gasteiger partial charge in [0.1, 0.15) is 5.54 Å². The lowest BCUT2D eigenvalue weighted by Gasteiger charge is -2.47. The fraction of sp³-hybridized carbons (Fsp3) is 0.364. The van der Waals surface area contributed by atoms with E-state index in [0.717, 1.165) is 0 Å². The topological polar surface area (TPSA) is 49.8 Å². The van der Waals surface area contributed by atoms with Crippen LogP contribution in [0.25, 0.3) is 0 Å². The molecule has 1 aliphatic carbocycles. The van der Waals surface area contributed by atoms with Crippen LogP contribution in [0.1, 0.15) is 18.4 Å². The van der Waals surface area contributed by atoms with Gasteiger partial charge in [-0.05, 0) is 18.4 Å². The van der Waals surface area contributed by atoms with Crippen molar-refractivity contribution in [2.45, 2.75) is 24.0 Å². The Morgan fingerprint density at radius 2 is 1.93 bits per heavy atom. The molecule has 14 heavy (non-hydrogen) atoms. The highest BCUT2D eigenvalue weighted by atomic mass is 19.1. The Balaban J connectivity index is 2.41. The van der Waals surface area contributed by atoms with Crippen molar-refractivity contribution in [3.05, 3.63) is 35.9 Å². The smallest absolute Gasteiger partial charge is 0.167 e. The molecule has 2 unspecified atom stereocenters. The minimum atomic E-state index is -1.66. The van der Waals surface area contributed by atoms with E-state index in [4.69, 9.17) is 11.0 Å². The average molecular weight is 190 g/mol. The van der Waals surface area contributed by atoms with Gasteiger partial charge in [0.15, 0.2) is 5.67 Å². The molecule has 3 heteroatoms. The first-order chi connectivity index (χ1) is 6.62. The molecule has 1 aromatic carbocycles. The second-order valence-electron chi connectivity index (χ2n) is 3.75.